The molecule has 4 unspecified atom stereocenters. The van der Waals surface area contributed by atoms with Crippen molar-refractivity contribution in [1.29, 1.82) is 0 Å². The number of likely N-dealkylation sites (tertiary alicyclic amines) is 1. The molecular weight excluding hydrogens is 488 g/mol. The molecule has 0 saturated carbocycles. The van der Waals surface area contributed by atoms with Gasteiger partial charge in [0.15, 0.2) is 0 Å². The third-order valence-corrected chi connectivity index (χ3v) is 8.46. The molecule has 0 aliphatic carbocycles. The summed E-state index contributed by atoms with van der Waals surface area (Å²) in [6.45, 7) is 12.0. The molecule has 2 aromatic heterocycles. The van der Waals surface area contributed by atoms with Gasteiger partial charge in [0.05, 0.1) is 6.04 Å². The Kier molecular flexibility index (Phi) is 5.86. The summed E-state index contributed by atoms with van der Waals surface area (Å²) in [5.74, 6) is 1.02. The van der Waals surface area contributed by atoms with Crippen LogP contribution in [0.5, 0.6) is 0 Å². The Labute approximate surface area is 228 Å². The number of carbonyl (C=O) groups is 1. The van der Waals surface area contributed by atoms with Crippen molar-refractivity contribution in [2.45, 2.75) is 63.5 Å². The molecule has 2 saturated heterocycles. The summed E-state index contributed by atoms with van der Waals surface area (Å²) in [7, 11) is 0. The molecular formula is C31H34N6O2. The maximum absolute atomic E-state index is 13.1. The minimum Gasteiger partial charge on any atom is -0.382 e. The number of fused-ring (bicyclic) bond motifs is 2. The molecule has 8 heteroatoms. The molecule has 2 aromatic carbocycles. The zero-order valence-corrected chi connectivity index (χ0v) is 22.7. The Morgan fingerprint density at radius 2 is 1.77 bits per heavy atom. The molecule has 6 rings (SSSR count). The van der Waals surface area contributed by atoms with E-state index < -0.39 is 5.60 Å². The molecule has 4 aromatic rings. The van der Waals surface area contributed by atoms with E-state index in [1.165, 1.54) is 6.08 Å². The normalized spacial score (nSPS) is 25.5. The van der Waals surface area contributed by atoms with E-state index >= 15 is 0 Å². The van der Waals surface area contributed by atoms with Gasteiger partial charge in [-0.05, 0) is 44.9 Å². The number of aliphatic hydroxyl groups is 1. The fraction of sp³-hybridized carbons (Fsp3) is 0.323. The number of benzene rings is 2. The average Bonchev–Trinajstić information content (AvgIpc) is 3.46. The molecule has 6 atom stereocenters. The van der Waals surface area contributed by atoms with Crippen LogP contribution in [0.4, 0.5) is 5.82 Å². The number of rotatable bonds is 6. The molecule has 3 N–H and O–H groups in total. The second-order valence-corrected chi connectivity index (χ2v) is 11.0. The summed E-state index contributed by atoms with van der Waals surface area (Å²) >= 11 is 0. The average molecular weight is 523 g/mol. The third kappa shape index (κ3) is 3.78. The molecule has 200 valence electrons. The minimum atomic E-state index is -1.14. The van der Waals surface area contributed by atoms with E-state index in [2.05, 4.69) is 37.2 Å². The van der Waals surface area contributed by atoms with Crippen molar-refractivity contribution < 1.29 is 9.90 Å². The second-order valence-electron chi connectivity index (χ2n) is 11.0. The van der Waals surface area contributed by atoms with E-state index in [1.807, 2.05) is 70.1 Å². The van der Waals surface area contributed by atoms with Gasteiger partial charge in [0.1, 0.15) is 34.5 Å². The van der Waals surface area contributed by atoms with Gasteiger partial charge >= 0.3 is 0 Å². The quantitative estimate of drug-likeness (QED) is 0.292. The molecule has 4 heterocycles. The summed E-state index contributed by atoms with van der Waals surface area (Å²) in [5.41, 5.74) is 9.13. The Morgan fingerprint density at radius 1 is 1.10 bits per heavy atom. The number of nitrogen functional groups attached to an aromatic ring is 1. The topological polar surface area (TPSA) is 99.8 Å². The van der Waals surface area contributed by atoms with Crippen molar-refractivity contribution in [2.24, 2.45) is 0 Å². The Morgan fingerprint density at radius 3 is 2.41 bits per heavy atom. The Balaban J connectivity index is 1.46. The van der Waals surface area contributed by atoms with Crippen LogP contribution in [0.15, 0.2) is 79.6 Å². The molecule has 8 nitrogen and oxygen atoms in total. The first-order chi connectivity index (χ1) is 18.7. The van der Waals surface area contributed by atoms with E-state index in [4.69, 9.17) is 10.7 Å². The fourth-order valence-electron chi connectivity index (χ4n) is 6.54. The van der Waals surface area contributed by atoms with Crippen LogP contribution < -0.4 is 5.73 Å². The van der Waals surface area contributed by atoms with E-state index in [1.54, 1.807) is 13.1 Å². The van der Waals surface area contributed by atoms with Crippen molar-refractivity contribution in [2.75, 3.05) is 5.73 Å². The molecule has 39 heavy (non-hydrogen) atoms. The van der Waals surface area contributed by atoms with Crippen molar-refractivity contribution in [3.05, 3.63) is 96.6 Å². The molecule has 2 fully saturated rings. The van der Waals surface area contributed by atoms with Crippen LogP contribution in [0.3, 0.4) is 0 Å². The molecule has 2 aliphatic heterocycles. The van der Waals surface area contributed by atoms with Crippen molar-refractivity contribution >= 4 is 17.2 Å². The molecule has 0 radical (unpaired) electrons. The number of piperazine rings is 1. The highest BCUT2D eigenvalue weighted by molar-refractivity contribution is 5.89. The van der Waals surface area contributed by atoms with Crippen LogP contribution >= 0.6 is 0 Å². The van der Waals surface area contributed by atoms with Gasteiger partial charge in [-0.1, -0.05) is 61.2 Å². The number of carbonyl (C=O) groups excluding carboxylic acids is 1. The van der Waals surface area contributed by atoms with E-state index in [0.717, 1.165) is 22.5 Å². The van der Waals surface area contributed by atoms with Gasteiger partial charge in [0, 0.05) is 36.1 Å². The van der Waals surface area contributed by atoms with Crippen LogP contribution in [0, 0.1) is 0 Å². The molecule has 2 aliphatic rings. The van der Waals surface area contributed by atoms with Crippen LogP contribution in [-0.2, 0) is 10.4 Å². The number of imidazole rings is 1. The number of hydrogen-bond donors (Lipinski definition) is 2. The highest BCUT2D eigenvalue weighted by atomic mass is 16.3. The van der Waals surface area contributed by atoms with Gasteiger partial charge in [-0.3, -0.25) is 14.1 Å². The van der Waals surface area contributed by atoms with Gasteiger partial charge in [-0.25, -0.2) is 9.97 Å². The number of amides is 1. The maximum Gasteiger partial charge on any atom is 0.246 e. The van der Waals surface area contributed by atoms with Crippen LogP contribution in [-0.4, -0.2) is 59.3 Å². The maximum atomic E-state index is 13.1. The lowest BCUT2D eigenvalue weighted by Gasteiger charge is -2.33. The number of aromatic nitrogens is 3. The summed E-state index contributed by atoms with van der Waals surface area (Å²) in [5, 5.41) is 11.3. The van der Waals surface area contributed by atoms with Crippen molar-refractivity contribution in [1.82, 2.24) is 24.2 Å². The summed E-state index contributed by atoms with van der Waals surface area (Å²) in [6.07, 6.45) is 4.92. The van der Waals surface area contributed by atoms with Crippen molar-refractivity contribution in [3.63, 3.8) is 0 Å². The van der Waals surface area contributed by atoms with Gasteiger partial charge in [0.2, 0.25) is 5.91 Å². The van der Waals surface area contributed by atoms with Crippen LogP contribution in [0.2, 0.25) is 0 Å². The van der Waals surface area contributed by atoms with Gasteiger partial charge in [-0.2, -0.15) is 0 Å². The van der Waals surface area contributed by atoms with Gasteiger partial charge < -0.3 is 15.7 Å². The van der Waals surface area contributed by atoms with Crippen LogP contribution in [0.25, 0.3) is 16.8 Å². The van der Waals surface area contributed by atoms with Crippen molar-refractivity contribution in [3.8, 4) is 11.3 Å². The van der Waals surface area contributed by atoms with E-state index in [0.29, 0.717) is 23.1 Å². The van der Waals surface area contributed by atoms with Gasteiger partial charge in [-0.15, -0.1) is 0 Å². The lowest BCUT2D eigenvalue weighted by molar-refractivity contribution is -0.130. The first kappa shape index (κ1) is 25.3. The summed E-state index contributed by atoms with van der Waals surface area (Å²) in [6, 6.07) is 17.9. The predicted octanol–water partition coefficient (Wildman–Crippen LogP) is 4.15. The summed E-state index contributed by atoms with van der Waals surface area (Å²) < 4.78 is 1.98. The number of nitrogens with two attached hydrogens (primary N) is 1. The Hall–Kier alpha value is -4.01. The Bertz CT molecular complexity index is 1560. The SMILES string of the molecule is C=CC(=O)N1C(c2nc(-c3ccc(C(C)(O)c4ccccc4)cc3)c3c(N)nccn23)[C@@H]2C([C@@H]1C)N2C(C)C. The van der Waals surface area contributed by atoms with E-state index in [9.17, 15) is 9.90 Å². The summed E-state index contributed by atoms with van der Waals surface area (Å²) in [4.78, 5) is 26.9. The predicted molar refractivity (Wildman–Crippen MR) is 152 cm³/mol. The van der Waals surface area contributed by atoms with E-state index in [-0.39, 0.29) is 30.1 Å². The number of anilines is 1. The highest BCUT2D eigenvalue weighted by Gasteiger charge is 2.66. The van der Waals surface area contributed by atoms with Gasteiger partial charge in [0.25, 0.3) is 0 Å². The van der Waals surface area contributed by atoms with Crippen LogP contribution in [0.1, 0.15) is 50.7 Å². The molecule has 1 amide bonds. The minimum absolute atomic E-state index is 0.0300. The highest BCUT2D eigenvalue weighted by Crippen LogP contribution is 2.53. The number of nitrogens with zero attached hydrogens (tertiary/aromatic N) is 5. The lowest BCUT2D eigenvalue weighted by atomic mass is 9.87. The zero-order valence-electron chi connectivity index (χ0n) is 22.7. The first-order valence-electron chi connectivity index (χ1n) is 13.4. The lowest BCUT2D eigenvalue weighted by Crippen LogP contribution is -2.43. The largest absolute Gasteiger partial charge is 0.382 e. The monoisotopic (exact) mass is 522 g/mol. The zero-order chi connectivity index (χ0) is 27.6. The fourth-order valence-corrected chi connectivity index (χ4v) is 6.54. The second kappa shape index (κ2) is 9.03. The smallest absolute Gasteiger partial charge is 0.246 e. The number of hydrogen-bond acceptors (Lipinski definition) is 6. The molecule has 0 spiro atoms. The standard InChI is InChI=1S/C31H34N6O2/c1-6-23(38)37-19(4)25-27(36(25)18(2)3)28(37)30-34-24(26-29(32)33-16-17-35(26)30)20-12-14-22(15-13-20)31(5,39)21-10-8-7-9-11-21/h6-19,25,27-28,39H,1H2,2-5H3,(H2,32,33)/t19-,25?,27-,28?,31?,36?/m0/s1. The molecule has 0 bridgehead atoms. The first-order valence-corrected chi connectivity index (χ1v) is 13.4. The third-order valence-electron chi connectivity index (χ3n) is 8.46.